The van der Waals surface area contributed by atoms with Gasteiger partial charge in [-0.2, -0.15) is 13.2 Å². The largest absolute Gasteiger partial charge is 0.416 e. The lowest BCUT2D eigenvalue weighted by Gasteiger charge is -2.21. The van der Waals surface area contributed by atoms with Crippen molar-refractivity contribution in [3.05, 3.63) is 35.4 Å². The lowest BCUT2D eigenvalue weighted by molar-refractivity contribution is -0.137. The number of hydrogen-bond donors (Lipinski definition) is 1. The summed E-state index contributed by atoms with van der Waals surface area (Å²) >= 11 is 0. The number of benzene rings is 1. The topological polar surface area (TPSA) is 15.3 Å². The van der Waals surface area contributed by atoms with Gasteiger partial charge in [-0.05, 0) is 38.8 Å². The summed E-state index contributed by atoms with van der Waals surface area (Å²) in [6.07, 6.45) is -4.27. The number of hydrogen-bond acceptors (Lipinski definition) is 2. The highest BCUT2D eigenvalue weighted by Gasteiger charge is 2.30. The number of likely N-dealkylation sites (N-methyl/N-ethyl adjacent to an activating group) is 2. The van der Waals surface area contributed by atoms with Crippen molar-refractivity contribution in [2.24, 2.45) is 0 Å². The van der Waals surface area contributed by atoms with E-state index in [9.17, 15) is 13.2 Å². The van der Waals surface area contributed by atoms with Crippen LogP contribution in [0.4, 0.5) is 13.2 Å². The molecule has 2 nitrogen and oxygen atoms in total. The SMILES string of the molecule is CNC(CN(C)C)c1ccc(C(F)(F)F)cc1. The Bertz CT molecular complexity index is 344. The molecule has 1 rings (SSSR count). The maximum atomic E-state index is 12.4. The number of nitrogens with zero attached hydrogens (tertiary/aromatic N) is 1. The molecule has 0 heterocycles. The highest BCUT2D eigenvalue weighted by molar-refractivity contribution is 5.27. The monoisotopic (exact) mass is 246 g/mol. The van der Waals surface area contributed by atoms with Gasteiger partial charge < -0.3 is 10.2 Å². The molecule has 0 saturated carbocycles. The molecule has 0 fully saturated rings. The fraction of sp³-hybridized carbons (Fsp3) is 0.500. The number of rotatable bonds is 4. The number of halogens is 3. The Hall–Kier alpha value is -1.07. The van der Waals surface area contributed by atoms with Gasteiger partial charge in [-0.15, -0.1) is 0 Å². The summed E-state index contributed by atoms with van der Waals surface area (Å²) in [5.74, 6) is 0. The van der Waals surface area contributed by atoms with Crippen LogP contribution in [0.25, 0.3) is 0 Å². The van der Waals surface area contributed by atoms with E-state index in [1.807, 2.05) is 19.0 Å². The summed E-state index contributed by atoms with van der Waals surface area (Å²) in [5.41, 5.74) is 0.246. The highest BCUT2D eigenvalue weighted by Crippen LogP contribution is 2.29. The Morgan fingerprint density at radius 2 is 1.71 bits per heavy atom. The van der Waals surface area contributed by atoms with E-state index in [-0.39, 0.29) is 6.04 Å². The molecule has 0 amide bonds. The quantitative estimate of drug-likeness (QED) is 0.878. The van der Waals surface area contributed by atoms with Gasteiger partial charge in [-0.25, -0.2) is 0 Å². The van der Waals surface area contributed by atoms with Crippen LogP contribution in [0.3, 0.4) is 0 Å². The second kappa shape index (κ2) is 5.51. The van der Waals surface area contributed by atoms with Gasteiger partial charge >= 0.3 is 6.18 Å². The third kappa shape index (κ3) is 4.02. The van der Waals surface area contributed by atoms with E-state index in [2.05, 4.69) is 5.32 Å². The van der Waals surface area contributed by atoms with Gasteiger partial charge in [0.2, 0.25) is 0 Å². The van der Waals surface area contributed by atoms with Crippen molar-refractivity contribution in [1.29, 1.82) is 0 Å². The highest BCUT2D eigenvalue weighted by atomic mass is 19.4. The minimum absolute atomic E-state index is 0.0345. The van der Waals surface area contributed by atoms with Crippen LogP contribution in [0.15, 0.2) is 24.3 Å². The average Bonchev–Trinajstić information content (AvgIpc) is 2.24. The fourth-order valence-electron chi connectivity index (χ4n) is 1.63. The predicted molar refractivity (Wildman–Crippen MR) is 61.8 cm³/mol. The lowest BCUT2D eigenvalue weighted by atomic mass is 10.0. The van der Waals surface area contributed by atoms with E-state index in [1.165, 1.54) is 12.1 Å². The molecule has 1 aromatic rings. The third-order valence-electron chi connectivity index (χ3n) is 2.54. The van der Waals surface area contributed by atoms with E-state index in [1.54, 1.807) is 7.05 Å². The van der Waals surface area contributed by atoms with Gasteiger partial charge in [-0.3, -0.25) is 0 Å². The molecule has 17 heavy (non-hydrogen) atoms. The minimum atomic E-state index is -4.27. The molecule has 0 spiro atoms. The molecule has 0 aromatic heterocycles. The van der Waals surface area contributed by atoms with E-state index in [0.717, 1.165) is 24.2 Å². The molecule has 0 bridgehead atoms. The Labute approximate surface area is 99.4 Å². The first-order valence-electron chi connectivity index (χ1n) is 5.33. The number of alkyl halides is 3. The minimum Gasteiger partial charge on any atom is -0.312 e. The lowest BCUT2D eigenvalue weighted by Crippen LogP contribution is -2.28. The second-order valence-corrected chi connectivity index (χ2v) is 4.22. The van der Waals surface area contributed by atoms with Crippen molar-refractivity contribution in [3.63, 3.8) is 0 Å². The zero-order chi connectivity index (χ0) is 13.1. The molecular weight excluding hydrogens is 229 g/mol. The molecule has 1 N–H and O–H groups in total. The average molecular weight is 246 g/mol. The Kier molecular flexibility index (Phi) is 4.54. The van der Waals surface area contributed by atoms with Crippen molar-refractivity contribution in [3.8, 4) is 0 Å². The normalized spacial score (nSPS) is 14.1. The predicted octanol–water partition coefficient (Wildman–Crippen LogP) is 2.53. The molecule has 1 aromatic carbocycles. The van der Waals surface area contributed by atoms with Crippen LogP contribution in [0.1, 0.15) is 17.2 Å². The van der Waals surface area contributed by atoms with Gasteiger partial charge in [0.25, 0.3) is 0 Å². The number of nitrogens with one attached hydrogen (secondary N) is 1. The summed E-state index contributed by atoms with van der Waals surface area (Å²) in [6.45, 7) is 0.738. The fourth-order valence-corrected chi connectivity index (χ4v) is 1.63. The molecule has 5 heteroatoms. The molecule has 0 saturated heterocycles. The summed E-state index contributed by atoms with van der Waals surface area (Å²) in [5, 5.41) is 3.08. The molecular formula is C12H17F3N2. The summed E-state index contributed by atoms with van der Waals surface area (Å²) in [7, 11) is 5.65. The van der Waals surface area contributed by atoms with Crippen molar-refractivity contribution < 1.29 is 13.2 Å². The Morgan fingerprint density at radius 3 is 2.06 bits per heavy atom. The summed E-state index contributed by atoms with van der Waals surface area (Å²) in [6, 6.07) is 5.32. The van der Waals surface area contributed by atoms with E-state index in [0.29, 0.717) is 0 Å². The first kappa shape index (κ1) is 14.0. The van der Waals surface area contributed by atoms with Crippen LogP contribution in [0, 0.1) is 0 Å². The van der Waals surface area contributed by atoms with Crippen LogP contribution >= 0.6 is 0 Å². The zero-order valence-electron chi connectivity index (χ0n) is 10.2. The second-order valence-electron chi connectivity index (χ2n) is 4.22. The Balaban J connectivity index is 2.85. The van der Waals surface area contributed by atoms with Crippen molar-refractivity contribution in [2.75, 3.05) is 27.7 Å². The summed E-state index contributed by atoms with van der Waals surface area (Å²) in [4.78, 5) is 1.98. The molecule has 0 aliphatic carbocycles. The molecule has 0 aliphatic heterocycles. The molecule has 96 valence electrons. The standard InChI is InChI=1S/C12H17F3N2/c1-16-11(8-17(2)3)9-4-6-10(7-5-9)12(13,14)15/h4-7,11,16H,8H2,1-3H3. The van der Waals surface area contributed by atoms with Gasteiger partial charge in [-0.1, -0.05) is 12.1 Å². The van der Waals surface area contributed by atoms with E-state index in [4.69, 9.17) is 0 Å². The molecule has 1 unspecified atom stereocenters. The maximum absolute atomic E-state index is 12.4. The third-order valence-corrected chi connectivity index (χ3v) is 2.54. The van der Waals surface area contributed by atoms with E-state index >= 15 is 0 Å². The van der Waals surface area contributed by atoms with Crippen LogP contribution < -0.4 is 5.32 Å². The molecule has 0 radical (unpaired) electrons. The first-order chi connectivity index (χ1) is 7.84. The first-order valence-corrected chi connectivity index (χ1v) is 5.33. The van der Waals surface area contributed by atoms with Gasteiger partial charge in [0.1, 0.15) is 0 Å². The van der Waals surface area contributed by atoms with Crippen molar-refractivity contribution in [2.45, 2.75) is 12.2 Å². The summed E-state index contributed by atoms with van der Waals surface area (Å²) < 4.78 is 37.2. The molecule has 0 aliphatic rings. The van der Waals surface area contributed by atoms with Crippen molar-refractivity contribution in [1.82, 2.24) is 10.2 Å². The van der Waals surface area contributed by atoms with E-state index < -0.39 is 11.7 Å². The van der Waals surface area contributed by atoms with Crippen LogP contribution in [0.5, 0.6) is 0 Å². The zero-order valence-corrected chi connectivity index (χ0v) is 10.2. The van der Waals surface area contributed by atoms with Gasteiger partial charge in [0.15, 0.2) is 0 Å². The smallest absolute Gasteiger partial charge is 0.312 e. The van der Waals surface area contributed by atoms with Crippen LogP contribution in [0.2, 0.25) is 0 Å². The molecule has 1 atom stereocenters. The van der Waals surface area contributed by atoms with Crippen LogP contribution in [-0.2, 0) is 6.18 Å². The van der Waals surface area contributed by atoms with Crippen molar-refractivity contribution >= 4 is 0 Å². The van der Waals surface area contributed by atoms with Crippen LogP contribution in [-0.4, -0.2) is 32.6 Å². The van der Waals surface area contributed by atoms with Gasteiger partial charge in [0, 0.05) is 12.6 Å². The Morgan fingerprint density at radius 1 is 1.18 bits per heavy atom. The maximum Gasteiger partial charge on any atom is 0.416 e. The van der Waals surface area contributed by atoms with Gasteiger partial charge in [0.05, 0.1) is 5.56 Å².